The molecule has 106 valence electrons. The second kappa shape index (κ2) is 5.71. The molecule has 1 fully saturated rings. The Morgan fingerprint density at radius 1 is 1.60 bits per heavy atom. The Morgan fingerprint density at radius 3 is 3.00 bits per heavy atom. The Labute approximate surface area is 130 Å². The van der Waals surface area contributed by atoms with Crippen LogP contribution in [0.4, 0.5) is 5.13 Å². The second-order valence-electron chi connectivity index (χ2n) is 4.60. The van der Waals surface area contributed by atoms with Gasteiger partial charge in [-0.15, -0.1) is 0 Å². The summed E-state index contributed by atoms with van der Waals surface area (Å²) in [6, 6.07) is 2.61. The normalized spacial score (nSPS) is 14.3. The fraction of sp³-hybridized carbons (Fsp3) is 0.385. The summed E-state index contributed by atoms with van der Waals surface area (Å²) in [7, 11) is 1.35. The van der Waals surface area contributed by atoms with Crippen LogP contribution in [-0.4, -0.2) is 24.1 Å². The molecule has 1 aliphatic carbocycles. The molecule has 1 aliphatic rings. The summed E-state index contributed by atoms with van der Waals surface area (Å²) in [6.07, 6.45) is 2.32. The van der Waals surface area contributed by atoms with Crippen LogP contribution in [0.15, 0.2) is 16.8 Å². The maximum absolute atomic E-state index is 11.6. The van der Waals surface area contributed by atoms with Crippen LogP contribution in [0, 0.1) is 0 Å². The van der Waals surface area contributed by atoms with Gasteiger partial charge in [0.2, 0.25) is 0 Å². The molecule has 20 heavy (non-hydrogen) atoms. The molecular weight excluding hydrogens is 316 g/mol. The second-order valence-corrected chi connectivity index (χ2v) is 6.71. The summed E-state index contributed by atoms with van der Waals surface area (Å²) < 4.78 is 4.72. The van der Waals surface area contributed by atoms with Gasteiger partial charge >= 0.3 is 5.97 Å². The number of thiazole rings is 1. The van der Waals surface area contributed by atoms with Gasteiger partial charge in [0.1, 0.15) is 0 Å². The number of hydrogen-bond donors (Lipinski definition) is 0. The SMILES string of the molecule is COC(=O)c1sc(N(Cc2ccsc2)C2CC2)nc1Cl. The number of nitrogens with zero attached hydrogens (tertiary/aromatic N) is 2. The molecule has 0 saturated heterocycles. The topological polar surface area (TPSA) is 42.4 Å². The Morgan fingerprint density at radius 2 is 2.40 bits per heavy atom. The van der Waals surface area contributed by atoms with Crippen molar-refractivity contribution in [2.45, 2.75) is 25.4 Å². The minimum absolute atomic E-state index is 0.229. The van der Waals surface area contributed by atoms with E-state index in [1.165, 1.54) is 24.0 Å². The molecule has 2 aromatic heterocycles. The van der Waals surface area contributed by atoms with Gasteiger partial charge in [-0.2, -0.15) is 11.3 Å². The molecule has 7 heteroatoms. The number of halogens is 1. The van der Waals surface area contributed by atoms with Crippen molar-refractivity contribution in [1.29, 1.82) is 0 Å². The third-order valence-electron chi connectivity index (χ3n) is 3.11. The maximum atomic E-state index is 11.6. The largest absolute Gasteiger partial charge is 0.465 e. The van der Waals surface area contributed by atoms with E-state index in [1.54, 1.807) is 11.3 Å². The van der Waals surface area contributed by atoms with Crippen LogP contribution in [0.1, 0.15) is 28.1 Å². The fourth-order valence-electron chi connectivity index (χ4n) is 1.95. The van der Waals surface area contributed by atoms with E-state index in [1.807, 2.05) is 0 Å². The van der Waals surface area contributed by atoms with Gasteiger partial charge in [-0.05, 0) is 35.2 Å². The average molecular weight is 329 g/mol. The lowest BCUT2D eigenvalue weighted by Gasteiger charge is -2.20. The highest BCUT2D eigenvalue weighted by atomic mass is 35.5. The number of carbonyl (C=O) groups is 1. The molecule has 2 heterocycles. The van der Waals surface area contributed by atoms with E-state index in [0.29, 0.717) is 10.9 Å². The Balaban J connectivity index is 1.86. The highest BCUT2D eigenvalue weighted by Gasteiger charge is 2.32. The van der Waals surface area contributed by atoms with E-state index in [-0.39, 0.29) is 5.15 Å². The third-order valence-corrected chi connectivity index (χ3v) is 5.30. The number of rotatable bonds is 5. The maximum Gasteiger partial charge on any atom is 0.351 e. The van der Waals surface area contributed by atoms with Crippen LogP contribution in [0.25, 0.3) is 0 Å². The molecule has 0 atom stereocenters. The number of ether oxygens (including phenoxy) is 1. The van der Waals surface area contributed by atoms with Gasteiger partial charge in [-0.1, -0.05) is 22.9 Å². The summed E-state index contributed by atoms with van der Waals surface area (Å²) >= 11 is 9.03. The summed E-state index contributed by atoms with van der Waals surface area (Å²) in [5.74, 6) is -0.426. The molecule has 0 bridgehead atoms. The van der Waals surface area contributed by atoms with Crippen LogP contribution in [0.5, 0.6) is 0 Å². The quantitative estimate of drug-likeness (QED) is 0.783. The first-order valence-corrected chi connectivity index (χ1v) is 8.35. The minimum atomic E-state index is -0.426. The van der Waals surface area contributed by atoms with Gasteiger partial charge in [0.15, 0.2) is 15.2 Å². The average Bonchev–Trinajstić information content (AvgIpc) is 3.01. The Bertz CT molecular complexity index is 608. The molecule has 3 rings (SSSR count). The molecule has 0 N–H and O–H groups in total. The van der Waals surface area contributed by atoms with Crippen LogP contribution in [0.2, 0.25) is 5.15 Å². The first-order chi connectivity index (χ1) is 9.69. The number of aromatic nitrogens is 1. The Kier molecular flexibility index (Phi) is 3.96. The summed E-state index contributed by atoms with van der Waals surface area (Å²) in [5, 5.41) is 5.22. The molecule has 4 nitrogen and oxygen atoms in total. The number of hydrogen-bond acceptors (Lipinski definition) is 6. The van der Waals surface area contributed by atoms with Gasteiger partial charge < -0.3 is 9.64 Å². The monoisotopic (exact) mass is 328 g/mol. The first kappa shape index (κ1) is 13.9. The van der Waals surface area contributed by atoms with Crippen molar-refractivity contribution in [1.82, 2.24) is 4.98 Å². The number of thiophene rings is 1. The predicted molar refractivity (Wildman–Crippen MR) is 82.0 cm³/mol. The number of carbonyl (C=O) groups excluding carboxylic acids is 1. The molecule has 0 radical (unpaired) electrons. The van der Waals surface area contributed by atoms with Gasteiger partial charge in [-0.3, -0.25) is 0 Å². The van der Waals surface area contributed by atoms with E-state index in [9.17, 15) is 4.79 Å². The zero-order valence-corrected chi connectivity index (χ0v) is 13.2. The summed E-state index contributed by atoms with van der Waals surface area (Å²) in [4.78, 5) is 18.6. The lowest BCUT2D eigenvalue weighted by molar-refractivity contribution is 0.0606. The van der Waals surface area contributed by atoms with Gasteiger partial charge in [0, 0.05) is 12.6 Å². The van der Waals surface area contributed by atoms with Crippen molar-refractivity contribution in [2.75, 3.05) is 12.0 Å². The summed E-state index contributed by atoms with van der Waals surface area (Å²) in [6.45, 7) is 0.804. The molecule has 0 aromatic carbocycles. The van der Waals surface area contributed by atoms with Gasteiger partial charge in [0.25, 0.3) is 0 Å². The van der Waals surface area contributed by atoms with Crippen molar-refractivity contribution in [3.8, 4) is 0 Å². The van der Waals surface area contributed by atoms with Crippen molar-refractivity contribution in [3.05, 3.63) is 32.4 Å². The summed E-state index contributed by atoms with van der Waals surface area (Å²) in [5.41, 5.74) is 1.26. The number of methoxy groups -OCH3 is 1. The first-order valence-electron chi connectivity index (χ1n) is 6.21. The fourth-order valence-corrected chi connectivity index (χ4v) is 3.88. The Hall–Kier alpha value is -1.11. The van der Waals surface area contributed by atoms with E-state index in [2.05, 4.69) is 26.7 Å². The highest BCUT2D eigenvalue weighted by molar-refractivity contribution is 7.18. The zero-order chi connectivity index (χ0) is 14.1. The molecule has 0 spiro atoms. The molecular formula is C13H13ClN2O2S2. The third kappa shape index (κ3) is 2.82. The van der Waals surface area contributed by atoms with Gasteiger partial charge in [-0.25, -0.2) is 9.78 Å². The molecule has 0 amide bonds. The predicted octanol–water partition coefficient (Wildman–Crippen LogP) is 3.81. The van der Waals surface area contributed by atoms with E-state index < -0.39 is 5.97 Å². The lowest BCUT2D eigenvalue weighted by atomic mass is 10.3. The van der Waals surface area contributed by atoms with Crippen molar-refractivity contribution in [2.24, 2.45) is 0 Å². The van der Waals surface area contributed by atoms with E-state index >= 15 is 0 Å². The zero-order valence-electron chi connectivity index (χ0n) is 10.8. The molecule has 0 unspecified atom stereocenters. The van der Waals surface area contributed by atoms with Gasteiger partial charge in [0.05, 0.1) is 7.11 Å². The van der Waals surface area contributed by atoms with Crippen LogP contribution >= 0.6 is 34.3 Å². The molecule has 2 aromatic rings. The standard InChI is InChI=1S/C13H13ClN2O2S2/c1-18-12(17)10-11(14)15-13(20-10)16(9-2-3-9)6-8-4-5-19-7-8/h4-5,7,9H,2-3,6H2,1H3. The van der Waals surface area contributed by atoms with Crippen LogP contribution in [0.3, 0.4) is 0 Å². The number of esters is 1. The molecule has 1 saturated carbocycles. The number of anilines is 1. The smallest absolute Gasteiger partial charge is 0.351 e. The molecule has 0 aliphatic heterocycles. The van der Waals surface area contributed by atoms with E-state index in [4.69, 9.17) is 16.3 Å². The van der Waals surface area contributed by atoms with Crippen LogP contribution in [-0.2, 0) is 11.3 Å². The highest BCUT2D eigenvalue weighted by Crippen LogP contribution is 2.38. The van der Waals surface area contributed by atoms with Crippen molar-refractivity contribution >= 4 is 45.4 Å². The lowest BCUT2D eigenvalue weighted by Crippen LogP contribution is -2.24. The van der Waals surface area contributed by atoms with Crippen molar-refractivity contribution in [3.63, 3.8) is 0 Å². The van der Waals surface area contributed by atoms with Crippen LogP contribution < -0.4 is 4.90 Å². The minimum Gasteiger partial charge on any atom is -0.465 e. The van der Waals surface area contributed by atoms with E-state index in [0.717, 1.165) is 24.5 Å². The van der Waals surface area contributed by atoms with Crippen molar-refractivity contribution < 1.29 is 9.53 Å².